The molecule has 0 unspecified atom stereocenters. The molecule has 0 spiro atoms. The van der Waals surface area contributed by atoms with E-state index in [1.54, 1.807) is 18.2 Å². The second kappa shape index (κ2) is 21.4. The Hall–Kier alpha value is -1.11. The summed E-state index contributed by atoms with van der Waals surface area (Å²) in [7, 11) is -3.74. The Labute approximate surface area is 198 Å². The molecule has 0 N–H and O–H groups in total. The second-order valence-electron chi connectivity index (χ2n) is 6.97. The Kier molecular flexibility index (Phi) is 19.4. The number of benzene rings is 1. The molecule has 0 aromatic heterocycles. The van der Waals surface area contributed by atoms with Gasteiger partial charge in [-0.05, 0) is 18.6 Å². The fourth-order valence-corrected chi connectivity index (χ4v) is 3.43. The highest BCUT2D eigenvalue weighted by molar-refractivity contribution is 7.86. The minimum Gasteiger partial charge on any atom is -0.379 e. The van der Waals surface area contributed by atoms with E-state index in [0.29, 0.717) is 66.1 Å². The van der Waals surface area contributed by atoms with Gasteiger partial charge in [-0.2, -0.15) is 8.42 Å². The fourth-order valence-electron chi connectivity index (χ4n) is 2.51. The average molecular weight is 493 g/mol. The first-order chi connectivity index (χ1) is 16.2. The first kappa shape index (κ1) is 29.9. The van der Waals surface area contributed by atoms with Crippen molar-refractivity contribution in [1.29, 1.82) is 0 Å². The van der Waals surface area contributed by atoms with Gasteiger partial charge in [-0.1, -0.05) is 38.0 Å². The molecule has 0 fully saturated rings. The van der Waals surface area contributed by atoms with Crippen molar-refractivity contribution >= 4 is 10.1 Å². The summed E-state index contributed by atoms with van der Waals surface area (Å²) in [5.41, 5.74) is 0. The molecular weight excluding hydrogens is 452 g/mol. The van der Waals surface area contributed by atoms with Crippen molar-refractivity contribution in [2.75, 3.05) is 85.9 Å². The van der Waals surface area contributed by atoms with E-state index in [0.717, 1.165) is 13.0 Å². The smallest absolute Gasteiger partial charge is 0.297 e. The third-order valence-corrected chi connectivity index (χ3v) is 5.58. The van der Waals surface area contributed by atoms with Crippen molar-refractivity contribution in [1.82, 2.24) is 0 Å². The summed E-state index contributed by atoms with van der Waals surface area (Å²) in [5, 5.41) is 0. The van der Waals surface area contributed by atoms with Crippen LogP contribution < -0.4 is 0 Å². The van der Waals surface area contributed by atoms with E-state index in [1.807, 2.05) is 0 Å². The van der Waals surface area contributed by atoms with Crippen LogP contribution in [0.5, 0.6) is 0 Å². The third kappa shape index (κ3) is 18.0. The Bertz CT molecular complexity index is 641. The molecule has 0 bridgehead atoms. The van der Waals surface area contributed by atoms with Crippen LogP contribution in [0.25, 0.3) is 0 Å². The second-order valence-corrected chi connectivity index (χ2v) is 8.59. The van der Waals surface area contributed by atoms with Gasteiger partial charge in [-0.15, -0.1) is 0 Å². The van der Waals surface area contributed by atoms with Crippen LogP contribution >= 0.6 is 0 Å². The van der Waals surface area contributed by atoms with E-state index >= 15 is 0 Å². The fraction of sp³-hybridized carbons (Fsp3) is 0.739. The van der Waals surface area contributed by atoms with Gasteiger partial charge in [0.2, 0.25) is 0 Å². The first-order valence-electron chi connectivity index (χ1n) is 11.6. The number of unbranched alkanes of at least 4 members (excludes halogenated alkanes) is 2. The van der Waals surface area contributed by atoms with Crippen molar-refractivity contribution in [2.45, 2.75) is 31.1 Å². The topological polar surface area (TPSA) is 98.8 Å². The van der Waals surface area contributed by atoms with E-state index in [1.165, 1.54) is 25.0 Å². The lowest BCUT2D eigenvalue weighted by atomic mass is 10.3. The quantitative estimate of drug-likeness (QED) is 0.159. The predicted octanol–water partition coefficient (Wildman–Crippen LogP) is 2.68. The van der Waals surface area contributed by atoms with Gasteiger partial charge in [0, 0.05) is 6.61 Å². The summed E-state index contributed by atoms with van der Waals surface area (Å²) in [6.45, 7) is 8.05. The Morgan fingerprint density at radius 3 is 1.36 bits per heavy atom. The maximum absolute atomic E-state index is 11.9. The molecule has 192 valence electrons. The highest BCUT2D eigenvalue weighted by Crippen LogP contribution is 2.10. The minimum atomic E-state index is -3.74. The van der Waals surface area contributed by atoms with Crippen molar-refractivity contribution < 1.29 is 41.0 Å². The molecule has 0 saturated heterocycles. The molecule has 9 nitrogen and oxygen atoms in total. The average Bonchev–Trinajstić information content (AvgIpc) is 2.83. The Balaban J connectivity index is 1.75. The Morgan fingerprint density at radius 2 is 0.939 bits per heavy atom. The number of ether oxygens (including phenoxy) is 6. The molecule has 0 saturated carbocycles. The summed E-state index contributed by atoms with van der Waals surface area (Å²) < 4.78 is 61.1. The van der Waals surface area contributed by atoms with E-state index in [4.69, 9.17) is 32.6 Å². The largest absolute Gasteiger partial charge is 0.379 e. The van der Waals surface area contributed by atoms with Gasteiger partial charge in [0.1, 0.15) is 0 Å². The summed E-state index contributed by atoms with van der Waals surface area (Å²) in [4.78, 5) is 0.130. The van der Waals surface area contributed by atoms with Gasteiger partial charge in [0.25, 0.3) is 10.1 Å². The monoisotopic (exact) mass is 492 g/mol. The molecule has 0 amide bonds. The summed E-state index contributed by atoms with van der Waals surface area (Å²) >= 11 is 0. The normalized spacial score (nSPS) is 11.8. The maximum Gasteiger partial charge on any atom is 0.297 e. The van der Waals surface area contributed by atoms with Crippen molar-refractivity contribution in [3.8, 4) is 0 Å². The van der Waals surface area contributed by atoms with Gasteiger partial charge in [0.05, 0.1) is 84.2 Å². The molecule has 1 aromatic carbocycles. The van der Waals surface area contributed by atoms with Gasteiger partial charge in [0.15, 0.2) is 0 Å². The van der Waals surface area contributed by atoms with Crippen LogP contribution in [0.2, 0.25) is 0 Å². The molecule has 10 heteroatoms. The predicted molar refractivity (Wildman–Crippen MR) is 124 cm³/mol. The molecule has 0 heterocycles. The zero-order valence-corrected chi connectivity index (χ0v) is 20.6. The molecule has 0 aliphatic carbocycles. The SMILES string of the molecule is CCCCCOCCOCCOCCOCCOCCOCCOS(=O)(=O)c1ccccc1. The summed E-state index contributed by atoms with van der Waals surface area (Å²) in [5.74, 6) is 0. The molecule has 0 atom stereocenters. The van der Waals surface area contributed by atoms with Crippen LogP contribution in [0.3, 0.4) is 0 Å². The molecule has 0 radical (unpaired) electrons. The minimum absolute atomic E-state index is 0.0434. The van der Waals surface area contributed by atoms with Crippen molar-refractivity contribution in [2.24, 2.45) is 0 Å². The lowest BCUT2D eigenvalue weighted by Gasteiger charge is -2.08. The van der Waals surface area contributed by atoms with Gasteiger partial charge in [-0.25, -0.2) is 0 Å². The van der Waals surface area contributed by atoms with Gasteiger partial charge < -0.3 is 28.4 Å². The maximum atomic E-state index is 11.9. The van der Waals surface area contributed by atoms with Crippen LogP contribution in [-0.2, 0) is 42.7 Å². The van der Waals surface area contributed by atoms with E-state index < -0.39 is 10.1 Å². The number of hydrogen-bond acceptors (Lipinski definition) is 9. The van der Waals surface area contributed by atoms with Crippen LogP contribution in [0.15, 0.2) is 35.2 Å². The van der Waals surface area contributed by atoms with E-state index in [2.05, 4.69) is 6.92 Å². The lowest BCUT2D eigenvalue weighted by Crippen LogP contribution is -2.15. The van der Waals surface area contributed by atoms with E-state index in [-0.39, 0.29) is 18.1 Å². The van der Waals surface area contributed by atoms with E-state index in [9.17, 15) is 8.42 Å². The summed E-state index contributed by atoms with van der Waals surface area (Å²) in [6, 6.07) is 8.00. The molecule has 1 rings (SSSR count). The number of hydrogen-bond donors (Lipinski definition) is 0. The van der Waals surface area contributed by atoms with Crippen LogP contribution in [-0.4, -0.2) is 94.3 Å². The zero-order valence-electron chi connectivity index (χ0n) is 19.8. The summed E-state index contributed by atoms with van der Waals surface area (Å²) in [6.07, 6.45) is 3.52. The highest BCUT2D eigenvalue weighted by atomic mass is 32.2. The third-order valence-electron chi connectivity index (χ3n) is 4.25. The van der Waals surface area contributed by atoms with Crippen LogP contribution in [0.1, 0.15) is 26.2 Å². The van der Waals surface area contributed by atoms with Crippen molar-refractivity contribution in [3.05, 3.63) is 30.3 Å². The van der Waals surface area contributed by atoms with Crippen LogP contribution in [0, 0.1) is 0 Å². The number of rotatable bonds is 24. The zero-order chi connectivity index (χ0) is 23.9. The first-order valence-corrected chi connectivity index (χ1v) is 13.0. The standard InChI is InChI=1S/C23H40O9S/c1-2-3-7-10-26-11-12-27-13-14-28-15-16-29-17-18-30-19-20-31-21-22-32-33(24,25)23-8-5-4-6-9-23/h4-6,8-9H,2-3,7,10-22H2,1H3. The molecule has 0 aliphatic heterocycles. The van der Waals surface area contributed by atoms with Gasteiger partial charge in [-0.3, -0.25) is 4.18 Å². The Morgan fingerprint density at radius 1 is 0.545 bits per heavy atom. The molecular formula is C23H40O9S. The molecule has 0 aliphatic rings. The highest BCUT2D eigenvalue weighted by Gasteiger charge is 2.13. The van der Waals surface area contributed by atoms with Crippen molar-refractivity contribution in [3.63, 3.8) is 0 Å². The molecule has 1 aromatic rings. The lowest BCUT2D eigenvalue weighted by molar-refractivity contribution is -0.0178. The van der Waals surface area contributed by atoms with Crippen LogP contribution in [0.4, 0.5) is 0 Å². The molecule has 33 heavy (non-hydrogen) atoms. The van der Waals surface area contributed by atoms with Gasteiger partial charge >= 0.3 is 0 Å².